The zero-order valence-corrected chi connectivity index (χ0v) is 11.6. The van der Waals surface area contributed by atoms with Gasteiger partial charge >= 0.3 is 5.97 Å². The molecule has 2 heterocycles. The van der Waals surface area contributed by atoms with E-state index in [1.54, 1.807) is 17.0 Å². The summed E-state index contributed by atoms with van der Waals surface area (Å²) in [5.41, 5.74) is 1.30. The van der Waals surface area contributed by atoms with Gasteiger partial charge in [0.2, 0.25) is 0 Å². The van der Waals surface area contributed by atoms with Crippen LogP contribution < -0.4 is 0 Å². The Bertz CT molecular complexity index is 500. The monoisotopic (exact) mass is 278 g/mol. The third kappa shape index (κ3) is 2.80. The van der Waals surface area contributed by atoms with Crippen molar-refractivity contribution in [3.63, 3.8) is 0 Å². The quantitative estimate of drug-likeness (QED) is 0.887. The molecular weight excluding hydrogens is 260 g/mol. The lowest BCUT2D eigenvalue weighted by atomic mass is 10.0. The zero-order chi connectivity index (χ0) is 14.7. The van der Waals surface area contributed by atoms with Crippen molar-refractivity contribution in [2.45, 2.75) is 19.9 Å². The molecule has 0 radical (unpaired) electrons. The molecule has 1 N–H and O–H groups in total. The fourth-order valence-electron chi connectivity index (χ4n) is 2.37. The first-order valence-corrected chi connectivity index (χ1v) is 6.58. The Kier molecular flexibility index (Phi) is 4.34. The smallest absolute Gasteiger partial charge is 0.311 e. The van der Waals surface area contributed by atoms with Gasteiger partial charge in [-0.15, -0.1) is 0 Å². The Morgan fingerprint density at radius 3 is 2.75 bits per heavy atom. The minimum Gasteiger partial charge on any atom is -0.481 e. The molecule has 1 aromatic heterocycles. The number of amides is 1. The molecule has 2 unspecified atom stereocenters. The van der Waals surface area contributed by atoms with Crippen LogP contribution in [0.5, 0.6) is 0 Å². The average Bonchev–Trinajstić information content (AvgIpc) is 2.89. The van der Waals surface area contributed by atoms with Crippen molar-refractivity contribution < 1.29 is 19.4 Å². The summed E-state index contributed by atoms with van der Waals surface area (Å²) in [6.07, 6.45) is 1.52. The second kappa shape index (κ2) is 6.00. The molecule has 1 fully saturated rings. The summed E-state index contributed by atoms with van der Waals surface area (Å²) in [5, 5.41) is 9.19. The lowest BCUT2D eigenvalue weighted by Gasteiger charge is -2.29. The molecule has 0 saturated carbocycles. The number of hydrogen-bond acceptors (Lipinski definition) is 4. The van der Waals surface area contributed by atoms with Crippen LogP contribution in [0.3, 0.4) is 0 Å². The predicted molar refractivity (Wildman–Crippen MR) is 71.4 cm³/mol. The SMILES string of the molecule is CCN(C(=O)c1ccc(C)nc1)C1COCC1C(=O)O. The first-order valence-electron chi connectivity index (χ1n) is 6.58. The minimum absolute atomic E-state index is 0.149. The molecular formula is C14H18N2O4. The van der Waals surface area contributed by atoms with Crippen molar-refractivity contribution in [3.05, 3.63) is 29.6 Å². The first kappa shape index (κ1) is 14.5. The highest BCUT2D eigenvalue weighted by atomic mass is 16.5. The summed E-state index contributed by atoms with van der Waals surface area (Å²) in [6, 6.07) is 3.05. The van der Waals surface area contributed by atoms with Crippen LogP contribution in [0.25, 0.3) is 0 Å². The number of carboxylic acid groups (broad SMARTS) is 1. The van der Waals surface area contributed by atoms with Crippen LogP contribution in [0.2, 0.25) is 0 Å². The lowest BCUT2D eigenvalue weighted by molar-refractivity contribution is -0.142. The highest BCUT2D eigenvalue weighted by molar-refractivity contribution is 5.94. The summed E-state index contributed by atoms with van der Waals surface area (Å²) in [4.78, 5) is 29.3. The van der Waals surface area contributed by atoms with Crippen molar-refractivity contribution >= 4 is 11.9 Å². The molecule has 6 nitrogen and oxygen atoms in total. The highest BCUT2D eigenvalue weighted by Crippen LogP contribution is 2.21. The largest absolute Gasteiger partial charge is 0.481 e. The maximum atomic E-state index is 12.5. The van der Waals surface area contributed by atoms with E-state index in [1.165, 1.54) is 6.20 Å². The van der Waals surface area contributed by atoms with E-state index in [9.17, 15) is 14.7 Å². The van der Waals surface area contributed by atoms with Gasteiger partial charge in [0.15, 0.2) is 0 Å². The third-order valence-electron chi connectivity index (χ3n) is 3.53. The number of rotatable bonds is 4. The van der Waals surface area contributed by atoms with Crippen LogP contribution in [0, 0.1) is 12.8 Å². The number of nitrogens with zero attached hydrogens (tertiary/aromatic N) is 2. The number of aromatic nitrogens is 1. The highest BCUT2D eigenvalue weighted by Gasteiger charge is 2.39. The van der Waals surface area contributed by atoms with Gasteiger partial charge in [0.25, 0.3) is 5.91 Å². The summed E-state index contributed by atoms with van der Waals surface area (Å²) >= 11 is 0. The van der Waals surface area contributed by atoms with E-state index in [2.05, 4.69) is 4.98 Å². The zero-order valence-electron chi connectivity index (χ0n) is 11.6. The van der Waals surface area contributed by atoms with Gasteiger partial charge in [0.05, 0.1) is 24.8 Å². The van der Waals surface area contributed by atoms with E-state index in [-0.39, 0.29) is 19.1 Å². The van der Waals surface area contributed by atoms with Gasteiger partial charge in [-0.3, -0.25) is 14.6 Å². The Morgan fingerprint density at radius 1 is 1.45 bits per heavy atom. The van der Waals surface area contributed by atoms with Gasteiger partial charge in [-0.25, -0.2) is 0 Å². The van der Waals surface area contributed by atoms with Crippen molar-refractivity contribution in [2.24, 2.45) is 5.92 Å². The fraction of sp³-hybridized carbons (Fsp3) is 0.500. The summed E-state index contributed by atoms with van der Waals surface area (Å²) in [5.74, 6) is -1.81. The van der Waals surface area contributed by atoms with Gasteiger partial charge < -0.3 is 14.7 Å². The van der Waals surface area contributed by atoms with Crippen LogP contribution in [-0.4, -0.2) is 52.7 Å². The predicted octanol–water partition coefficient (Wildman–Crippen LogP) is 0.952. The number of aryl methyl sites for hydroxylation is 1. The molecule has 2 rings (SSSR count). The third-order valence-corrected chi connectivity index (χ3v) is 3.53. The molecule has 0 aliphatic carbocycles. The first-order chi connectivity index (χ1) is 9.54. The normalized spacial score (nSPS) is 21.7. The van der Waals surface area contributed by atoms with Gasteiger partial charge in [-0.1, -0.05) is 0 Å². The van der Waals surface area contributed by atoms with E-state index >= 15 is 0 Å². The summed E-state index contributed by atoms with van der Waals surface area (Å²) in [7, 11) is 0. The number of aliphatic carboxylic acids is 1. The van der Waals surface area contributed by atoms with Gasteiger partial charge in [-0.05, 0) is 26.0 Å². The maximum Gasteiger partial charge on any atom is 0.311 e. The number of likely N-dealkylation sites (N-methyl/N-ethyl adjacent to an activating group) is 1. The molecule has 108 valence electrons. The Hall–Kier alpha value is -1.95. The Balaban J connectivity index is 2.21. The van der Waals surface area contributed by atoms with Crippen LogP contribution in [-0.2, 0) is 9.53 Å². The number of carboxylic acids is 1. The molecule has 1 aromatic rings. The van der Waals surface area contributed by atoms with Crippen molar-refractivity contribution in [3.8, 4) is 0 Å². The van der Waals surface area contributed by atoms with Gasteiger partial charge in [0.1, 0.15) is 5.92 Å². The molecule has 0 aromatic carbocycles. The second-order valence-corrected chi connectivity index (χ2v) is 4.83. The van der Waals surface area contributed by atoms with Crippen LogP contribution in [0.4, 0.5) is 0 Å². The summed E-state index contributed by atoms with van der Waals surface area (Å²) in [6.45, 7) is 4.52. The molecule has 1 amide bonds. The Labute approximate surface area is 117 Å². The topological polar surface area (TPSA) is 79.7 Å². The number of ether oxygens (including phenoxy) is 1. The summed E-state index contributed by atoms with van der Waals surface area (Å²) < 4.78 is 5.23. The van der Waals surface area contributed by atoms with Crippen LogP contribution in [0.15, 0.2) is 18.3 Å². The number of carbonyl (C=O) groups is 2. The Morgan fingerprint density at radius 2 is 2.20 bits per heavy atom. The van der Waals surface area contributed by atoms with Crippen molar-refractivity contribution in [1.82, 2.24) is 9.88 Å². The standard InChI is InChI=1S/C14H18N2O4/c1-3-16(12-8-20-7-11(12)14(18)19)13(17)10-5-4-9(2)15-6-10/h4-6,11-12H,3,7-8H2,1-2H3,(H,18,19). The molecule has 1 saturated heterocycles. The number of carbonyl (C=O) groups excluding carboxylic acids is 1. The fourth-order valence-corrected chi connectivity index (χ4v) is 2.37. The van der Waals surface area contributed by atoms with Gasteiger partial charge in [-0.2, -0.15) is 0 Å². The second-order valence-electron chi connectivity index (χ2n) is 4.83. The maximum absolute atomic E-state index is 12.5. The van der Waals surface area contributed by atoms with E-state index in [0.717, 1.165) is 5.69 Å². The average molecular weight is 278 g/mol. The van der Waals surface area contributed by atoms with Crippen molar-refractivity contribution in [2.75, 3.05) is 19.8 Å². The number of pyridine rings is 1. The van der Waals surface area contributed by atoms with E-state index in [0.29, 0.717) is 12.1 Å². The molecule has 0 spiro atoms. The molecule has 6 heteroatoms. The molecule has 1 aliphatic heterocycles. The molecule has 2 atom stereocenters. The lowest BCUT2D eigenvalue weighted by Crippen LogP contribution is -2.46. The molecule has 1 aliphatic rings. The van der Waals surface area contributed by atoms with Gasteiger partial charge in [0, 0.05) is 18.4 Å². The minimum atomic E-state index is -0.930. The van der Waals surface area contributed by atoms with E-state index in [1.807, 2.05) is 13.8 Å². The van der Waals surface area contributed by atoms with Crippen LogP contribution in [0.1, 0.15) is 23.0 Å². The van der Waals surface area contributed by atoms with E-state index in [4.69, 9.17) is 4.74 Å². The number of hydrogen-bond donors (Lipinski definition) is 1. The van der Waals surface area contributed by atoms with Crippen molar-refractivity contribution in [1.29, 1.82) is 0 Å². The molecule has 20 heavy (non-hydrogen) atoms. The van der Waals surface area contributed by atoms with E-state index < -0.39 is 17.9 Å². The van der Waals surface area contributed by atoms with Crippen LogP contribution >= 0.6 is 0 Å². The molecule has 0 bridgehead atoms.